The van der Waals surface area contributed by atoms with Gasteiger partial charge in [0.2, 0.25) is 5.91 Å². The molecule has 1 N–H and O–H groups in total. The summed E-state index contributed by atoms with van der Waals surface area (Å²) in [7, 11) is 3.11. The van der Waals surface area contributed by atoms with Gasteiger partial charge in [0.1, 0.15) is 0 Å². The Morgan fingerprint density at radius 1 is 1.15 bits per heavy atom. The SMILES string of the molecule is CC[C@@H](NC(=O)Cc1ccccc1[N+](=O)[O-])c1ccc(OC)c(OC)c1. The first-order chi connectivity index (χ1) is 12.5. The Bertz CT molecular complexity index is 791. The second kappa shape index (κ2) is 8.84. The summed E-state index contributed by atoms with van der Waals surface area (Å²) in [5, 5.41) is 14.0. The van der Waals surface area contributed by atoms with E-state index in [0.717, 1.165) is 5.56 Å². The number of amides is 1. The number of nitrogens with one attached hydrogen (secondary N) is 1. The molecular formula is C19H22N2O5. The molecular weight excluding hydrogens is 336 g/mol. The van der Waals surface area contributed by atoms with E-state index in [9.17, 15) is 14.9 Å². The Balaban J connectivity index is 2.15. The molecule has 0 bridgehead atoms. The van der Waals surface area contributed by atoms with Crippen molar-refractivity contribution in [2.24, 2.45) is 0 Å². The summed E-state index contributed by atoms with van der Waals surface area (Å²) in [6.07, 6.45) is 0.610. The molecule has 0 saturated carbocycles. The van der Waals surface area contributed by atoms with E-state index in [0.29, 0.717) is 23.5 Å². The number of methoxy groups -OCH3 is 2. The number of hydrogen-bond donors (Lipinski definition) is 1. The molecule has 1 amide bonds. The number of benzene rings is 2. The van der Waals surface area contributed by atoms with Crippen LogP contribution >= 0.6 is 0 Å². The summed E-state index contributed by atoms with van der Waals surface area (Å²) in [6.45, 7) is 1.95. The van der Waals surface area contributed by atoms with Crippen molar-refractivity contribution < 1.29 is 19.2 Å². The lowest BCUT2D eigenvalue weighted by Gasteiger charge is -2.19. The molecule has 0 unspecified atom stereocenters. The first kappa shape index (κ1) is 19.2. The summed E-state index contributed by atoms with van der Waals surface area (Å²) in [5.74, 6) is 0.912. The molecule has 26 heavy (non-hydrogen) atoms. The van der Waals surface area contributed by atoms with Crippen molar-refractivity contribution in [2.75, 3.05) is 14.2 Å². The van der Waals surface area contributed by atoms with E-state index in [1.807, 2.05) is 19.1 Å². The van der Waals surface area contributed by atoms with Crippen molar-refractivity contribution in [3.05, 3.63) is 63.7 Å². The van der Waals surface area contributed by atoms with Gasteiger partial charge in [0, 0.05) is 11.6 Å². The number of ether oxygens (including phenoxy) is 2. The number of nitro benzene ring substituents is 1. The van der Waals surface area contributed by atoms with Crippen molar-refractivity contribution in [2.45, 2.75) is 25.8 Å². The maximum absolute atomic E-state index is 12.4. The number of para-hydroxylation sites is 1. The van der Waals surface area contributed by atoms with Crippen LogP contribution in [-0.2, 0) is 11.2 Å². The Kier molecular flexibility index (Phi) is 6.54. The fraction of sp³-hybridized carbons (Fsp3) is 0.316. The molecule has 0 fully saturated rings. The number of hydrogen-bond acceptors (Lipinski definition) is 5. The molecule has 1 atom stereocenters. The maximum atomic E-state index is 12.4. The van der Waals surface area contributed by atoms with Gasteiger partial charge >= 0.3 is 0 Å². The molecule has 2 aromatic rings. The predicted molar refractivity (Wildman–Crippen MR) is 97.5 cm³/mol. The molecule has 0 spiro atoms. The van der Waals surface area contributed by atoms with Crippen molar-refractivity contribution in [3.8, 4) is 11.5 Å². The lowest BCUT2D eigenvalue weighted by molar-refractivity contribution is -0.385. The van der Waals surface area contributed by atoms with Crippen molar-refractivity contribution in [3.63, 3.8) is 0 Å². The second-order valence-corrected chi connectivity index (χ2v) is 5.71. The topological polar surface area (TPSA) is 90.7 Å². The maximum Gasteiger partial charge on any atom is 0.273 e. The Morgan fingerprint density at radius 3 is 2.46 bits per heavy atom. The Morgan fingerprint density at radius 2 is 1.85 bits per heavy atom. The van der Waals surface area contributed by atoms with E-state index in [-0.39, 0.29) is 24.1 Å². The summed E-state index contributed by atoms with van der Waals surface area (Å²) < 4.78 is 10.5. The van der Waals surface area contributed by atoms with Crippen LogP contribution in [-0.4, -0.2) is 25.1 Å². The van der Waals surface area contributed by atoms with Gasteiger partial charge < -0.3 is 14.8 Å². The quantitative estimate of drug-likeness (QED) is 0.577. The van der Waals surface area contributed by atoms with Gasteiger partial charge in [-0.15, -0.1) is 0 Å². The number of carbonyl (C=O) groups is 1. The van der Waals surface area contributed by atoms with Gasteiger partial charge in [0.15, 0.2) is 11.5 Å². The van der Waals surface area contributed by atoms with E-state index in [4.69, 9.17) is 9.47 Å². The minimum atomic E-state index is -0.478. The number of carbonyl (C=O) groups excluding carboxylic acids is 1. The third kappa shape index (κ3) is 4.50. The zero-order chi connectivity index (χ0) is 19.1. The Hall–Kier alpha value is -3.09. The number of nitrogens with zero attached hydrogens (tertiary/aromatic N) is 1. The van der Waals surface area contributed by atoms with E-state index >= 15 is 0 Å². The second-order valence-electron chi connectivity index (χ2n) is 5.71. The van der Waals surface area contributed by atoms with Gasteiger partial charge in [-0.3, -0.25) is 14.9 Å². The highest BCUT2D eigenvalue weighted by Crippen LogP contribution is 2.31. The molecule has 0 aliphatic heterocycles. The highest BCUT2D eigenvalue weighted by atomic mass is 16.6. The molecule has 0 radical (unpaired) electrons. The molecule has 7 nitrogen and oxygen atoms in total. The Labute approximate surface area is 152 Å². The molecule has 2 rings (SSSR count). The summed E-state index contributed by atoms with van der Waals surface area (Å²) in [4.78, 5) is 23.0. The molecule has 0 heterocycles. The number of rotatable bonds is 8. The van der Waals surface area contributed by atoms with Crippen molar-refractivity contribution >= 4 is 11.6 Å². The van der Waals surface area contributed by atoms with Gasteiger partial charge in [0.05, 0.1) is 31.6 Å². The van der Waals surface area contributed by atoms with Gasteiger partial charge in [-0.05, 0) is 24.1 Å². The van der Waals surface area contributed by atoms with E-state index in [2.05, 4.69) is 5.32 Å². The summed E-state index contributed by atoms with van der Waals surface area (Å²) in [5.41, 5.74) is 1.21. The first-order valence-corrected chi connectivity index (χ1v) is 8.23. The summed E-state index contributed by atoms with van der Waals surface area (Å²) >= 11 is 0. The van der Waals surface area contributed by atoms with Crippen LogP contribution in [0.1, 0.15) is 30.5 Å². The van der Waals surface area contributed by atoms with Gasteiger partial charge in [0.25, 0.3) is 5.69 Å². The molecule has 2 aromatic carbocycles. The van der Waals surface area contributed by atoms with Crippen LogP contribution < -0.4 is 14.8 Å². The lowest BCUT2D eigenvalue weighted by atomic mass is 10.0. The third-order valence-corrected chi connectivity index (χ3v) is 4.09. The van der Waals surface area contributed by atoms with Crippen LogP contribution in [0.5, 0.6) is 11.5 Å². The zero-order valence-corrected chi connectivity index (χ0v) is 15.0. The first-order valence-electron chi connectivity index (χ1n) is 8.23. The van der Waals surface area contributed by atoms with Crippen LogP contribution in [0, 0.1) is 10.1 Å². The highest BCUT2D eigenvalue weighted by molar-refractivity contribution is 5.80. The van der Waals surface area contributed by atoms with Gasteiger partial charge in [-0.1, -0.05) is 31.2 Å². The fourth-order valence-corrected chi connectivity index (χ4v) is 2.75. The largest absolute Gasteiger partial charge is 0.493 e. The number of nitro groups is 1. The third-order valence-electron chi connectivity index (χ3n) is 4.09. The van der Waals surface area contributed by atoms with Gasteiger partial charge in [-0.2, -0.15) is 0 Å². The average Bonchev–Trinajstić information content (AvgIpc) is 2.65. The average molecular weight is 358 g/mol. The van der Waals surface area contributed by atoms with E-state index in [1.165, 1.54) is 6.07 Å². The van der Waals surface area contributed by atoms with Crippen LogP contribution in [0.4, 0.5) is 5.69 Å². The predicted octanol–water partition coefficient (Wildman–Crippen LogP) is 3.42. The van der Waals surface area contributed by atoms with Gasteiger partial charge in [-0.25, -0.2) is 0 Å². The molecule has 0 aromatic heterocycles. The molecule has 0 saturated heterocycles. The van der Waals surface area contributed by atoms with Crippen LogP contribution in [0.25, 0.3) is 0 Å². The van der Waals surface area contributed by atoms with E-state index in [1.54, 1.807) is 38.5 Å². The van der Waals surface area contributed by atoms with Crippen molar-refractivity contribution in [1.29, 1.82) is 0 Å². The summed E-state index contributed by atoms with van der Waals surface area (Å²) in [6, 6.07) is 11.5. The standard InChI is InChI=1S/C19H22N2O5/c1-4-15(13-9-10-17(25-2)18(11-13)26-3)20-19(22)12-14-7-5-6-8-16(14)21(23)24/h5-11,15H,4,12H2,1-3H3,(H,20,22)/t15-/m1/s1. The van der Waals surface area contributed by atoms with Crippen molar-refractivity contribution in [1.82, 2.24) is 5.32 Å². The molecule has 0 aliphatic carbocycles. The van der Waals surface area contributed by atoms with Crippen LogP contribution in [0.15, 0.2) is 42.5 Å². The zero-order valence-electron chi connectivity index (χ0n) is 15.0. The molecule has 7 heteroatoms. The van der Waals surface area contributed by atoms with Crippen LogP contribution in [0.2, 0.25) is 0 Å². The fourth-order valence-electron chi connectivity index (χ4n) is 2.75. The molecule has 138 valence electrons. The normalized spacial score (nSPS) is 11.5. The highest BCUT2D eigenvalue weighted by Gasteiger charge is 2.19. The minimum absolute atomic E-state index is 0.0539. The van der Waals surface area contributed by atoms with E-state index < -0.39 is 4.92 Å². The van der Waals surface area contributed by atoms with Crippen LogP contribution in [0.3, 0.4) is 0 Å². The smallest absolute Gasteiger partial charge is 0.273 e. The molecule has 0 aliphatic rings. The monoisotopic (exact) mass is 358 g/mol. The lowest BCUT2D eigenvalue weighted by Crippen LogP contribution is -2.29. The minimum Gasteiger partial charge on any atom is -0.493 e.